The Morgan fingerprint density at radius 1 is 1.57 bits per heavy atom. The quantitative estimate of drug-likeness (QED) is 0.393. The second-order valence-electron chi connectivity index (χ2n) is 0.519. The molecule has 0 rings (SSSR count). The maximum atomic E-state index is 9.00. The number of carboxylic acids is 1. The van der Waals surface area contributed by atoms with Gasteiger partial charge in [0, 0.05) is 6.92 Å². The fourth-order valence-electron chi connectivity index (χ4n) is 0. The van der Waals surface area contributed by atoms with Crippen LogP contribution in [0.15, 0.2) is 0 Å². The molecule has 0 bridgehead atoms. The zero-order valence-electron chi connectivity index (χ0n) is 4.11. The molecule has 7 heavy (non-hydrogen) atoms. The summed E-state index contributed by atoms with van der Waals surface area (Å²) in [5.41, 5.74) is 0. The summed E-state index contributed by atoms with van der Waals surface area (Å²) >= 11 is 0. The zero-order chi connectivity index (χ0) is 3.58. The van der Waals surface area contributed by atoms with E-state index >= 15 is 0 Å². The Hall–Kier alpha value is 1.24. The van der Waals surface area contributed by atoms with E-state index in [1.165, 1.54) is 0 Å². The SMILES string of the molecule is CC(=O)O.[Br-].[Cl-].[Na+]. The molecule has 0 amide bonds. The van der Waals surface area contributed by atoms with Crippen LogP contribution >= 0.6 is 0 Å². The Morgan fingerprint density at radius 3 is 1.57 bits per heavy atom. The van der Waals surface area contributed by atoms with Crippen LogP contribution in [0.25, 0.3) is 0 Å². The van der Waals surface area contributed by atoms with Gasteiger partial charge in [-0.2, -0.15) is 0 Å². The molecule has 0 aliphatic rings. The van der Waals surface area contributed by atoms with Gasteiger partial charge < -0.3 is 34.5 Å². The van der Waals surface area contributed by atoms with E-state index in [0.29, 0.717) is 0 Å². The normalized spacial score (nSPS) is 3.57. The smallest absolute Gasteiger partial charge is 1.00 e. The average Bonchev–Trinajstić information content (AvgIpc) is 0.811. The molecule has 0 radical (unpaired) electrons. The van der Waals surface area contributed by atoms with Gasteiger partial charge in [-0.1, -0.05) is 0 Å². The first-order valence-corrected chi connectivity index (χ1v) is 0.928. The second kappa shape index (κ2) is 15.7. The minimum Gasteiger partial charge on any atom is -1.00 e. The number of rotatable bonds is 0. The van der Waals surface area contributed by atoms with E-state index in [1.807, 2.05) is 0 Å². The van der Waals surface area contributed by atoms with Crippen molar-refractivity contribution in [3.05, 3.63) is 0 Å². The van der Waals surface area contributed by atoms with Crippen LogP contribution in [-0.4, -0.2) is 11.1 Å². The molecule has 0 fully saturated rings. The number of hydrogen-bond donors (Lipinski definition) is 1. The van der Waals surface area contributed by atoms with Crippen LogP contribution in [0, 0.1) is 0 Å². The predicted molar refractivity (Wildman–Crippen MR) is 13.3 cm³/mol. The molecule has 0 aliphatic heterocycles. The number of carboxylic acid groups (broad SMARTS) is 1. The number of aliphatic carboxylic acids is 1. The van der Waals surface area contributed by atoms with Crippen molar-refractivity contribution in [3.63, 3.8) is 0 Å². The molecule has 0 aliphatic carbocycles. The van der Waals surface area contributed by atoms with Crippen molar-refractivity contribution >= 4 is 5.97 Å². The minimum absolute atomic E-state index is 0. The largest absolute Gasteiger partial charge is 1.00 e. The van der Waals surface area contributed by atoms with E-state index in [1.54, 1.807) is 0 Å². The molecular weight excluding hydrogens is 194 g/mol. The third-order valence-electron chi connectivity index (χ3n) is 0. The van der Waals surface area contributed by atoms with Crippen LogP contribution in [0.3, 0.4) is 0 Å². The van der Waals surface area contributed by atoms with Gasteiger partial charge in [0.25, 0.3) is 5.97 Å². The van der Waals surface area contributed by atoms with Crippen molar-refractivity contribution in [2.45, 2.75) is 6.92 Å². The molecule has 2 nitrogen and oxygen atoms in total. The molecule has 0 aromatic heterocycles. The average molecular weight is 198 g/mol. The summed E-state index contributed by atoms with van der Waals surface area (Å²) in [5.74, 6) is -0.833. The standard InChI is InChI=1S/C2H4O2.BrH.ClH.Na/c1-2(3)4;;;/h1H3,(H,3,4);2*1H;/q;;;+1/p-2. The van der Waals surface area contributed by atoms with E-state index in [9.17, 15) is 0 Å². The molecular formula is C2H4BrClNaO2-. The van der Waals surface area contributed by atoms with Gasteiger partial charge in [-0.3, -0.25) is 4.79 Å². The van der Waals surface area contributed by atoms with E-state index in [0.717, 1.165) is 6.92 Å². The summed E-state index contributed by atoms with van der Waals surface area (Å²) in [4.78, 5) is 9.00. The van der Waals surface area contributed by atoms with Crippen LogP contribution in [0.2, 0.25) is 0 Å². The Morgan fingerprint density at radius 2 is 1.57 bits per heavy atom. The summed E-state index contributed by atoms with van der Waals surface area (Å²) in [6, 6.07) is 0. The van der Waals surface area contributed by atoms with Crippen molar-refractivity contribution < 1.29 is 68.8 Å². The van der Waals surface area contributed by atoms with Crippen LogP contribution in [0.5, 0.6) is 0 Å². The van der Waals surface area contributed by atoms with Gasteiger partial charge in [0.1, 0.15) is 0 Å². The van der Waals surface area contributed by atoms with Crippen molar-refractivity contribution in [1.82, 2.24) is 0 Å². The van der Waals surface area contributed by atoms with Gasteiger partial charge in [0.15, 0.2) is 0 Å². The number of halogens is 2. The van der Waals surface area contributed by atoms with Gasteiger partial charge in [-0.05, 0) is 0 Å². The van der Waals surface area contributed by atoms with Crippen LogP contribution in [0.4, 0.5) is 0 Å². The summed E-state index contributed by atoms with van der Waals surface area (Å²) in [7, 11) is 0. The van der Waals surface area contributed by atoms with Crippen LogP contribution < -0.4 is 58.9 Å². The molecule has 0 unspecified atom stereocenters. The zero-order valence-corrected chi connectivity index (χ0v) is 8.45. The molecule has 0 aromatic carbocycles. The van der Waals surface area contributed by atoms with Gasteiger partial charge in [-0.15, -0.1) is 0 Å². The summed E-state index contributed by atoms with van der Waals surface area (Å²) in [5, 5.41) is 7.42. The van der Waals surface area contributed by atoms with E-state index in [4.69, 9.17) is 9.90 Å². The van der Waals surface area contributed by atoms with Gasteiger partial charge in [0.2, 0.25) is 0 Å². The Bertz CT molecular complexity index is 38.7. The van der Waals surface area contributed by atoms with E-state index < -0.39 is 5.97 Å². The van der Waals surface area contributed by atoms with Gasteiger partial charge in [0.05, 0.1) is 0 Å². The molecule has 5 heteroatoms. The van der Waals surface area contributed by atoms with Crippen LogP contribution in [0.1, 0.15) is 6.92 Å². The molecule has 0 saturated carbocycles. The topological polar surface area (TPSA) is 37.3 Å². The monoisotopic (exact) mass is 197 g/mol. The molecule has 0 spiro atoms. The summed E-state index contributed by atoms with van der Waals surface area (Å²) < 4.78 is 0. The Balaban J connectivity index is -0.0000000150. The van der Waals surface area contributed by atoms with Crippen molar-refractivity contribution in [2.75, 3.05) is 0 Å². The first kappa shape index (κ1) is 24.0. The molecule has 1 N–H and O–H groups in total. The van der Waals surface area contributed by atoms with Gasteiger partial charge >= 0.3 is 29.6 Å². The van der Waals surface area contributed by atoms with Crippen LogP contribution in [-0.2, 0) is 4.79 Å². The number of hydrogen-bond acceptors (Lipinski definition) is 1. The molecule has 0 saturated heterocycles. The predicted octanol–water partition coefficient (Wildman–Crippen LogP) is -8.90. The van der Waals surface area contributed by atoms with Gasteiger partial charge in [-0.25, -0.2) is 0 Å². The van der Waals surface area contributed by atoms with Crippen molar-refractivity contribution in [2.24, 2.45) is 0 Å². The maximum Gasteiger partial charge on any atom is 1.00 e. The second-order valence-corrected chi connectivity index (χ2v) is 0.519. The van der Waals surface area contributed by atoms with Crippen molar-refractivity contribution in [3.8, 4) is 0 Å². The first-order chi connectivity index (χ1) is 1.73. The van der Waals surface area contributed by atoms with E-state index in [2.05, 4.69) is 0 Å². The summed E-state index contributed by atoms with van der Waals surface area (Å²) in [6.07, 6.45) is 0. The summed E-state index contributed by atoms with van der Waals surface area (Å²) in [6.45, 7) is 1.08. The minimum atomic E-state index is -0.833. The Kier molecular flexibility index (Phi) is 53.8. The third kappa shape index (κ3) is 129. The fourth-order valence-corrected chi connectivity index (χ4v) is 0. The first-order valence-electron chi connectivity index (χ1n) is 0.928. The molecule has 0 aromatic rings. The van der Waals surface area contributed by atoms with Crippen molar-refractivity contribution in [1.29, 1.82) is 0 Å². The third-order valence-corrected chi connectivity index (χ3v) is 0. The maximum absolute atomic E-state index is 9.00. The number of carbonyl (C=O) groups is 1. The molecule has 0 atom stereocenters. The molecule has 0 heterocycles. The fraction of sp³-hybridized carbons (Fsp3) is 0.500. The Labute approximate surface area is 81.1 Å². The van der Waals surface area contributed by atoms with E-state index in [-0.39, 0.29) is 58.9 Å². The molecule has 40 valence electrons.